The number of hydrogen-bond donors (Lipinski definition) is 2. The summed E-state index contributed by atoms with van der Waals surface area (Å²) in [6.45, 7) is 1.72. The molecule has 0 saturated carbocycles. The summed E-state index contributed by atoms with van der Waals surface area (Å²) in [5.41, 5.74) is 0.586. The van der Waals surface area contributed by atoms with Crippen LogP contribution in [0.2, 0.25) is 0 Å². The van der Waals surface area contributed by atoms with Crippen LogP contribution >= 0.6 is 0 Å². The summed E-state index contributed by atoms with van der Waals surface area (Å²) in [4.78, 5) is 12.4. The number of hydrogen-bond acceptors (Lipinski definition) is 3. The van der Waals surface area contributed by atoms with E-state index in [4.69, 9.17) is 0 Å². The van der Waals surface area contributed by atoms with E-state index in [1.54, 1.807) is 38.1 Å². The Hall–Kier alpha value is -2.35. The molecule has 2 N–H and O–H groups in total. The van der Waals surface area contributed by atoms with E-state index in [9.17, 15) is 18.0 Å². The second kappa shape index (κ2) is 7.04. The summed E-state index contributed by atoms with van der Waals surface area (Å²) >= 11 is 0. The molecule has 0 spiro atoms. The number of amides is 1. The minimum absolute atomic E-state index is 0.280. The van der Waals surface area contributed by atoms with Crippen LogP contribution in [0.3, 0.4) is 0 Å². The monoisotopic (exact) mass is 340 g/mol. The number of alkyl halides is 3. The molecule has 1 heterocycles. The third-order valence-corrected chi connectivity index (χ3v) is 3.71. The predicted molar refractivity (Wildman–Crippen MR) is 83.0 cm³/mol. The van der Waals surface area contributed by atoms with E-state index in [1.807, 2.05) is 0 Å². The first-order chi connectivity index (χ1) is 11.2. The first-order valence-electron chi connectivity index (χ1n) is 7.35. The van der Waals surface area contributed by atoms with Gasteiger partial charge in [-0.2, -0.15) is 18.3 Å². The SMILES string of the molecule is CNC(C(=O)NC(C)c1ccc(C(F)(F)F)cc1)c1cnn(C)c1. The molecule has 130 valence electrons. The van der Waals surface area contributed by atoms with Gasteiger partial charge < -0.3 is 10.6 Å². The number of carbonyl (C=O) groups excluding carboxylic acids is 1. The Morgan fingerprint density at radius 2 is 1.83 bits per heavy atom. The van der Waals surface area contributed by atoms with Crippen molar-refractivity contribution in [1.29, 1.82) is 0 Å². The highest BCUT2D eigenvalue weighted by molar-refractivity contribution is 5.83. The topological polar surface area (TPSA) is 59.0 Å². The average Bonchev–Trinajstić information content (AvgIpc) is 2.93. The number of aryl methyl sites for hydroxylation is 1. The summed E-state index contributed by atoms with van der Waals surface area (Å²) in [5.74, 6) is -0.280. The summed E-state index contributed by atoms with van der Waals surface area (Å²) in [6.07, 6.45) is -1.06. The molecular formula is C16H19F3N4O. The van der Waals surface area contributed by atoms with Crippen molar-refractivity contribution in [2.24, 2.45) is 7.05 Å². The Bertz CT molecular complexity index is 694. The highest BCUT2D eigenvalue weighted by Gasteiger charge is 2.30. The first kappa shape index (κ1) is 18.0. The zero-order valence-corrected chi connectivity index (χ0v) is 13.6. The fourth-order valence-electron chi connectivity index (χ4n) is 2.38. The largest absolute Gasteiger partial charge is 0.416 e. The van der Waals surface area contributed by atoms with E-state index in [1.165, 1.54) is 12.1 Å². The second-order valence-electron chi connectivity index (χ2n) is 5.52. The summed E-state index contributed by atoms with van der Waals surface area (Å²) < 4.78 is 39.3. The second-order valence-corrected chi connectivity index (χ2v) is 5.52. The molecule has 1 aromatic heterocycles. The van der Waals surface area contributed by atoms with Gasteiger partial charge in [-0.15, -0.1) is 0 Å². The molecule has 0 saturated heterocycles. The molecule has 2 rings (SSSR count). The first-order valence-corrected chi connectivity index (χ1v) is 7.35. The fourth-order valence-corrected chi connectivity index (χ4v) is 2.38. The summed E-state index contributed by atoms with van der Waals surface area (Å²) in [5, 5.41) is 9.72. The number of carbonyl (C=O) groups is 1. The van der Waals surface area contributed by atoms with Gasteiger partial charge >= 0.3 is 6.18 Å². The Balaban J connectivity index is 2.07. The zero-order valence-electron chi connectivity index (χ0n) is 13.6. The van der Waals surface area contributed by atoms with Gasteiger partial charge in [0, 0.05) is 18.8 Å². The number of rotatable bonds is 5. The van der Waals surface area contributed by atoms with Gasteiger partial charge in [-0.3, -0.25) is 9.48 Å². The van der Waals surface area contributed by atoms with Crippen LogP contribution in [0.1, 0.15) is 35.7 Å². The molecule has 24 heavy (non-hydrogen) atoms. The van der Waals surface area contributed by atoms with Crippen LogP contribution < -0.4 is 10.6 Å². The lowest BCUT2D eigenvalue weighted by Gasteiger charge is -2.20. The van der Waals surface area contributed by atoms with Crippen LogP contribution in [0.5, 0.6) is 0 Å². The van der Waals surface area contributed by atoms with Gasteiger partial charge in [-0.1, -0.05) is 12.1 Å². The molecule has 2 atom stereocenters. The highest BCUT2D eigenvalue weighted by atomic mass is 19.4. The number of aromatic nitrogens is 2. The molecular weight excluding hydrogens is 321 g/mol. The van der Waals surface area contributed by atoms with Crippen molar-refractivity contribution in [2.45, 2.75) is 25.2 Å². The maximum Gasteiger partial charge on any atom is 0.416 e. The fraction of sp³-hybridized carbons (Fsp3) is 0.375. The standard InChI is InChI=1S/C16H19F3N4O/c1-10(11-4-6-13(7-5-11)16(17,18)19)22-15(24)14(20-2)12-8-21-23(3)9-12/h4-10,14,20H,1-3H3,(H,22,24). The van der Waals surface area contributed by atoms with Crippen LogP contribution in [0, 0.1) is 0 Å². The van der Waals surface area contributed by atoms with Crippen LogP contribution in [0.4, 0.5) is 13.2 Å². The molecule has 5 nitrogen and oxygen atoms in total. The third-order valence-electron chi connectivity index (χ3n) is 3.71. The Kier molecular flexibility index (Phi) is 5.28. The zero-order chi connectivity index (χ0) is 17.9. The maximum atomic E-state index is 12.6. The van der Waals surface area contributed by atoms with Crippen molar-refractivity contribution in [2.75, 3.05) is 7.05 Å². The van der Waals surface area contributed by atoms with Crippen molar-refractivity contribution < 1.29 is 18.0 Å². The lowest BCUT2D eigenvalue weighted by atomic mass is 10.0. The van der Waals surface area contributed by atoms with Gasteiger partial charge in [0.15, 0.2) is 0 Å². The van der Waals surface area contributed by atoms with Crippen LogP contribution in [-0.4, -0.2) is 22.7 Å². The number of nitrogens with zero attached hydrogens (tertiary/aromatic N) is 2. The van der Waals surface area contributed by atoms with E-state index >= 15 is 0 Å². The van der Waals surface area contributed by atoms with Crippen molar-refractivity contribution in [1.82, 2.24) is 20.4 Å². The highest BCUT2D eigenvalue weighted by Crippen LogP contribution is 2.30. The number of nitrogens with one attached hydrogen (secondary N) is 2. The van der Waals surface area contributed by atoms with Gasteiger partial charge in [-0.25, -0.2) is 0 Å². The summed E-state index contributed by atoms with van der Waals surface area (Å²) in [6, 6.07) is 3.74. The molecule has 2 aromatic rings. The lowest BCUT2D eigenvalue weighted by molar-refractivity contribution is -0.137. The molecule has 0 fully saturated rings. The van der Waals surface area contributed by atoms with E-state index in [0.717, 1.165) is 12.1 Å². The lowest BCUT2D eigenvalue weighted by Crippen LogP contribution is -2.37. The van der Waals surface area contributed by atoms with Crippen molar-refractivity contribution in [3.63, 3.8) is 0 Å². The van der Waals surface area contributed by atoms with Crippen molar-refractivity contribution in [3.05, 3.63) is 53.3 Å². The number of halogens is 3. The van der Waals surface area contributed by atoms with Crippen molar-refractivity contribution in [3.8, 4) is 0 Å². The molecule has 0 aliphatic heterocycles. The van der Waals surface area contributed by atoms with E-state index in [0.29, 0.717) is 11.1 Å². The molecule has 0 radical (unpaired) electrons. The van der Waals surface area contributed by atoms with Crippen LogP contribution in [0.25, 0.3) is 0 Å². The molecule has 2 unspecified atom stereocenters. The maximum absolute atomic E-state index is 12.6. The van der Waals surface area contributed by atoms with Gasteiger partial charge in [0.25, 0.3) is 0 Å². The quantitative estimate of drug-likeness (QED) is 0.880. The number of likely N-dealkylation sites (N-methyl/N-ethyl adjacent to an activating group) is 1. The van der Waals surface area contributed by atoms with Crippen molar-refractivity contribution >= 4 is 5.91 Å². The van der Waals surface area contributed by atoms with Crippen LogP contribution in [0.15, 0.2) is 36.7 Å². The predicted octanol–water partition coefficient (Wildman–Crippen LogP) is 2.58. The Labute approximate surface area is 137 Å². The van der Waals surface area contributed by atoms with Gasteiger partial charge in [0.1, 0.15) is 6.04 Å². The summed E-state index contributed by atoms with van der Waals surface area (Å²) in [7, 11) is 3.40. The number of benzene rings is 1. The Morgan fingerprint density at radius 3 is 2.29 bits per heavy atom. The average molecular weight is 340 g/mol. The Morgan fingerprint density at radius 1 is 1.21 bits per heavy atom. The molecule has 1 amide bonds. The molecule has 0 aliphatic carbocycles. The third kappa shape index (κ3) is 4.14. The molecule has 0 aliphatic rings. The van der Waals surface area contributed by atoms with Crippen LogP contribution in [-0.2, 0) is 18.0 Å². The minimum atomic E-state index is -4.37. The molecule has 1 aromatic carbocycles. The smallest absolute Gasteiger partial charge is 0.348 e. The molecule has 0 bridgehead atoms. The van der Waals surface area contributed by atoms with E-state index in [2.05, 4.69) is 15.7 Å². The van der Waals surface area contributed by atoms with E-state index in [-0.39, 0.29) is 5.91 Å². The van der Waals surface area contributed by atoms with Gasteiger partial charge in [0.2, 0.25) is 5.91 Å². The van der Waals surface area contributed by atoms with Gasteiger partial charge in [-0.05, 0) is 31.7 Å². The normalized spacial score (nSPS) is 14.2. The molecule has 8 heteroatoms. The van der Waals surface area contributed by atoms with E-state index < -0.39 is 23.8 Å². The van der Waals surface area contributed by atoms with Gasteiger partial charge in [0.05, 0.1) is 17.8 Å². The minimum Gasteiger partial charge on any atom is -0.348 e.